The quantitative estimate of drug-likeness (QED) is 0.616. The molecule has 0 N–H and O–H groups in total. The second kappa shape index (κ2) is 6.14. The van der Waals surface area contributed by atoms with Crippen molar-refractivity contribution in [3.8, 4) is 5.75 Å². The molecule has 1 aliphatic rings. The van der Waals surface area contributed by atoms with Crippen molar-refractivity contribution >= 4 is 17.5 Å². The van der Waals surface area contributed by atoms with Crippen LogP contribution in [-0.2, 0) is 14.3 Å². The van der Waals surface area contributed by atoms with Crippen LogP contribution >= 0.6 is 0 Å². The van der Waals surface area contributed by atoms with E-state index < -0.39 is 23.0 Å². The van der Waals surface area contributed by atoms with Crippen molar-refractivity contribution in [3.63, 3.8) is 0 Å². The first-order chi connectivity index (χ1) is 10.7. The number of fused-ring (bicyclic) bond motifs is 1. The number of ketones is 2. The predicted molar refractivity (Wildman–Crippen MR) is 84.5 cm³/mol. The second-order valence-corrected chi connectivity index (χ2v) is 6.65. The third kappa shape index (κ3) is 3.44. The van der Waals surface area contributed by atoms with Crippen molar-refractivity contribution in [2.75, 3.05) is 0 Å². The fraction of sp³-hybridized carbons (Fsp3) is 0.500. The Morgan fingerprint density at radius 2 is 1.87 bits per heavy atom. The maximum absolute atomic E-state index is 12.8. The molecule has 0 fully saturated rings. The van der Waals surface area contributed by atoms with Crippen molar-refractivity contribution in [3.05, 3.63) is 29.8 Å². The van der Waals surface area contributed by atoms with Gasteiger partial charge in [0.05, 0.1) is 5.56 Å². The van der Waals surface area contributed by atoms with Crippen LogP contribution in [0.1, 0.15) is 57.3 Å². The molecule has 5 heteroatoms. The summed E-state index contributed by atoms with van der Waals surface area (Å²) in [5.74, 6) is -0.853. The van der Waals surface area contributed by atoms with Crippen molar-refractivity contribution in [1.29, 1.82) is 0 Å². The number of hydrogen-bond acceptors (Lipinski definition) is 5. The molecule has 0 bridgehead atoms. The molecule has 1 atom stereocenters. The minimum atomic E-state index is -1.76. The van der Waals surface area contributed by atoms with Crippen molar-refractivity contribution < 1.29 is 23.9 Å². The molecule has 23 heavy (non-hydrogen) atoms. The number of ether oxygens (including phenoxy) is 2. The molecule has 0 saturated heterocycles. The van der Waals surface area contributed by atoms with E-state index in [9.17, 15) is 14.4 Å². The third-order valence-electron chi connectivity index (χ3n) is 3.66. The van der Waals surface area contributed by atoms with Crippen LogP contribution in [0.4, 0.5) is 0 Å². The summed E-state index contributed by atoms with van der Waals surface area (Å²) in [6.07, 6.45) is 0.434. The SMILES string of the molecule is CCC(=O)CC[C@]1(C(=O)OC(C)(C)C)Oc2ccccc2C1=O. The monoisotopic (exact) mass is 318 g/mol. The van der Waals surface area contributed by atoms with Crippen molar-refractivity contribution in [2.45, 2.75) is 58.2 Å². The van der Waals surface area contributed by atoms with Crippen LogP contribution in [0, 0.1) is 0 Å². The summed E-state index contributed by atoms with van der Waals surface area (Å²) in [5.41, 5.74) is -2.17. The Morgan fingerprint density at radius 3 is 2.43 bits per heavy atom. The summed E-state index contributed by atoms with van der Waals surface area (Å²) in [6.45, 7) is 6.92. The Morgan fingerprint density at radius 1 is 1.22 bits per heavy atom. The van der Waals surface area contributed by atoms with Gasteiger partial charge in [0.25, 0.3) is 5.60 Å². The lowest BCUT2D eigenvalue weighted by molar-refractivity contribution is -0.169. The van der Waals surface area contributed by atoms with Gasteiger partial charge in [-0.3, -0.25) is 9.59 Å². The maximum Gasteiger partial charge on any atom is 0.359 e. The predicted octanol–water partition coefficient (Wildman–Crippen LogP) is 3.10. The van der Waals surface area contributed by atoms with E-state index in [-0.39, 0.29) is 18.6 Å². The molecular formula is C18H22O5. The number of hydrogen-bond donors (Lipinski definition) is 0. The third-order valence-corrected chi connectivity index (χ3v) is 3.66. The van der Waals surface area contributed by atoms with Gasteiger partial charge < -0.3 is 9.47 Å². The summed E-state index contributed by atoms with van der Waals surface area (Å²) in [6, 6.07) is 6.70. The molecule has 0 aliphatic carbocycles. The Balaban J connectivity index is 2.36. The van der Waals surface area contributed by atoms with Crippen LogP contribution in [0.25, 0.3) is 0 Å². The standard InChI is InChI=1S/C18H22O5/c1-5-12(19)10-11-18(16(21)23-17(2,3)4)15(20)13-8-6-7-9-14(13)22-18/h6-9H,5,10-11H2,1-4H3/t18-/m0/s1. The number of rotatable bonds is 5. The van der Waals surface area contributed by atoms with Gasteiger partial charge in [-0.05, 0) is 32.9 Å². The number of para-hydroxylation sites is 1. The molecule has 1 aliphatic heterocycles. The molecule has 2 rings (SSSR count). The lowest BCUT2D eigenvalue weighted by Gasteiger charge is -2.29. The van der Waals surface area contributed by atoms with E-state index in [1.54, 1.807) is 52.0 Å². The summed E-state index contributed by atoms with van der Waals surface area (Å²) in [7, 11) is 0. The molecule has 0 saturated carbocycles. The smallest absolute Gasteiger partial charge is 0.359 e. The van der Waals surface area contributed by atoms with E-state index in [0.29, 0.717) is 17.7 Å². The summed E-state index contributed by atoms with van der Waals surface area (Å²) in [5, 5.41) is 0. The number of Topliss-reactive ketones (excluding diaryl/α,β-unsaturated/α-hetero) is 2. The fourth-order valence-electron chi connectivity index (χ4n) is 2.45. The second-order valence-electron chi connectivity index (χ2n) is 6.65. The number of carbonyl (C=O) groups is 3. The highest BCUT2D eigenvalue weighted by Gasteiger charge is 2.56. The largest absolute Gasteiger partial charge is 0.466 e. The van der Waals surface area contributed by atoms with E-state index >= 15 is 0 Å². The molecule has 1 heterocycles. The van der Waals surface area contributed by atoms with E-state index in [0.717, 1.165) is 0 Å². The first-order valence-corrected chi connectivity index (χ1v) is 7.77. The maximum atomic E-state index is 12.8. The highest BCUT2D eigenvalue weighted by Crippen LogP contribution is 2.39. The zero-order chi connectivity index (χ0) is 17.3. The molecule has 0 aromatic heterocycles. The van der Waals surface area contributed by atoms with Gasteiger partial charge in [0.15, 0.2) is 0 Å². The van der Waals surface area contributed by atoms with E-state index in [1.165, 1.54) is 0 Å². The van der Waals surface area contributed by atoms with Gasteiger partial charge in [-0.25, -0.2) is 4.79 Å². The molecule has 1 aromatic rings. The normalized spacial score (nSPS) is 19.9. The molecular weight excluding hydrogens is 296 g/mol. The van der Waals surface area contributed by atoms with Crippen molar-refractivity contribution in [2.24, 2.45) is 0 Å². The molecule has 0 spiro atoms. The summed E-state index contributed by atoms with van der Waals surface area (Å²) < 4.78 is 11.1. The molecule has 0 radical (unpaired) electrons. The Labute approximate surface area is 136 Å². The van der Waals surface area contributed by atoms with Crippen LogP contribution in [0.3, 0.4) is 0 Å². The number of benzene rings is 1. The minimum absolute atomic E-state index is 0.0118. The molecule has 0 unspecified atom stereocenters. The van der Waals surface area contributed by atoms with Gasteiger partial charge in [0, 0.05) is 19.3 Å². The highest BCUT2D eigenvalue weighted by atomic mass is 16.6. The van der Waals surface area contributed by atoms with Crippen molar-refractivity contribution in [1.82, 2.24) is 0 Å². The zero-order valence-electron chi connectivity index (χ0n) is 14.0. The zero-order valence-corrected chi connectivity index (χ0v) is 14.0. The van der Waals surface area contributed by atoms with Gasteiger partial charge in [-0.1, -0.05) is 19.1 Å². The lowest BCUT2D eigenvalue weighted by atomic mass is 9.89. The summed E-state index contributed by atoms with van der Waals surface area (Å²) in [4.78, 5) is 37.2. The van der Waals surface area contributed by atoms with Gasteiger partial charge in [-0.15, -0.1) is 0 Å². The molecule has 0 amide bonds. The Bertz CT molecular complexity index is 641. The molecule has 1 aromatic carbocycles. The van der Waals surface area contributed by atoms with E-state index in [1.807, 2.05) is 0 Å². The average Bonchev–Trinajstić information content (AvgIpc) is 2.77. The molecule has 124 valence electrons. The molecule has 5 nitrogen and oxygen atoms in total. The Hall–Kier alpha value is -2.17. The number of carbonyl (C=O) groups excluding carboxylic acids is 3. The minimum Gasteiger partial charge on any atom is -0.466 e. The topological polar surface area (TPSA) is 69.7 Å². The lowest BCUT2D eigenvalue weighted by Crippen LogP contribution is -2.51. The fourth-order valence-corrected chi connectivity index (χ4v) is 2.45. The van der Waals surface area contributed by atoms with Gasteiger partial charge in [0.2, 0.25) is 5.78 Å². The van der Waals surface area contributed by atoms with Crippen LogP contribution in [0.2, 0.25) is 0 Å². The van der Waals surface area contributed by atoms with Crippen LogP contribution in [0.15, 0.2) is 24.3 Å². The van der Waals surface area contributed by atoms with Crippen LogP contribution in [-0.4, -0.2) is 28.7 Å². The van der Waals surface area contributed by atoms with Gasteiger partial charge >= 0.3 is 5.97 Å². The summed E-state index contributed by atoms with van der Waals surface area (Å²) >= 11 is 0. The van der Waals surface area contributed by atoms with E-state index in [4.69, 9.17) is 9.47 Å². The van der Waals surface area contributed by atoms with Crippen LogP contribution < -0.4 is 4.74 Å². The van der Waals surface area contributed by atoms with E-state index in [2.05, 4.69) is 0 Å². The first-order valence-electron chi connectivity index (χ1n) is 7.77. The number of esters is 1. The first kappa shape index (κ1) is 17.2. The van der Waals surface area contributed by atoms with Gasteiger partial charge in [-0.2, -0.15) is 0 Å². The highest BCUT2D eigenvalue weighted by molar-refractivity contribution is 6.19. The van der Waals surface area contributed by atoms with Gasteiger partial charge in [0.1, 0.15) is 17.1 Å². The Kier molecular flexibility index (Phi) is 4.59. The van der Waals surface area contributed by atoms with Crippen LogP contribution in [0.5, 0.6) is 5.75 Å². The average molecular weight is 318 g/mol.